The number of hydrazine groups is 1. The van der Waals surface area contributed by atoms with Gasteiger partial charge in [-0.05, 0) is 59.7 Å². The van der Waals surface area contributed by atoms with E-state index in [1.807, 2.05) is 54.0 Å². The second-order valence-corrected chi connectivity index (χ2v) is 6.90. The second-order valence-electron chi connectivity index (χ2n) is 6.46. The number of hydrogen-bond acceptors (Lipinski definition) is 4. The Morgan fingerprint density at radius 3 is 2.45 bits per heavy atom. The van der Waals surface area contributed by atoms with Gasteiger partial charge in [0.1, 0.15) is 5.75 Å². The molecule has 1 amide bonds. The molecular weight excluding hydrogens is 386 g/mol. The number of amides is 1. The summed E-state index contributed by atoms with van der Waals surface area (Å²) in [4.78, 5) is 16.0. The highest BCUT2D eigenvalue weighted by Gasteiger charge is 2.10. The Hall–Kier alpha value is -3.41. The van der Waals surface area contributed by atoms with Gasteiger partial charge >= 0.3 is 0 Å². The molecule has 3 N–H and O–H groups in total. The molecule has 0 unspecified atom stereocenters. The number of fused-ring (bicyclic) bond motifs is 1. The standard InChI is InChI=1S/C23H18ClN3O2/c24-17-8-11-21-20(12-17)19(15-4-2-1-3-5-15)13-22(26-21)16-6-9-18(10-7-16)29-14-23(28)27-25/h1-13H,14,25H2,(H,27,28). The summed E-state index contributed by atoms with van der Waals surface area (Å²) in [6.07, 6.45) is 0. The molecular formula is C23H18ClN3O2. The molecule has 0 spiro atoms. The average molecular weight is 404 g/mol. The highest BCUT2D eigenvalue weighted by molar-refractivity contribution is 6.31. The van der Waals surface area contributed by atoms with Crippen molar-refractivity contribution in [3.05, 3.63) is 83.9 Å². The molecule has 5 nitrogen and oxygen atoms in total. The van der Waals surface area contributed by atoms with Gasteiger partial charge in [-0.2, -0.15) is 0 Å². The Labute approximate surface area is 173 Å². The number of hydrogen-bond donors (Lipinski definition) is 2. The van der Waals surface area contributed by atoms with Crippen LogP contribution in [0.4, 0.5) is 0 Å². The highest BCUT2D eigenvalue weighted by Crippen LogP contribution is 2.33. The molecule has 0 aliphatic heterocycles. The van der Waals surface area contributed by atoms with Gasteiger partial charge < -0.3 is 4.74 Å². The first kappa shape index (κ1) is 18.9. The third-order valence-electron chi connectivity index (χ3n) is 4.54. The molecule has 0 fully saturated rings. The van der Waals surface area contributed by atoms with Gasteiger partial charge in [0.15, 0.2) is 6.61 Å². The minimum Gasteiger partial charge on any atom is -0.484 e. The molecule has 0 radical (unpaired) electrons. The molecule has 0 saturated carbocycles. The van der Waals surface area contributed by atoms with Crippen LogP contribution in [-0.4, -0.2) is 17.5 Å². The molecule has 0 aliphatic rings. The number of benzene rings is 3. The van der Waals surface area contributed by atoms with Crippen molar-refractivity contribution in [3.63, 3.8) is 0 Å². The number of aromatic nitrogens is 1. The van der Waals surface area contributed by atoms with Crippen molar-refractivity contribution in [2.45, 2.75) is 0 Å². The maximum Gasteiger partial charge on any atom is 0.271 e. The zero-order valence-electron chi connectivity index (χ0n) is 15.4. The van der Waals surface area contributed by atoms with Crippen molar-refractivity contribution in [3.8, 4) is 28.1 Å². The lowest BCUT2D eigenvalue weighted by atomic mass is 9.98. The lowest BCUT2D eigenvalue weighted by Crippen LogP contribution is -2.34. The van der Waals surface area contributed by atoms with Crippen LogP contribution in [0.2, 0.25) is 5.02 Å². The van der Waals surface area contributed by atoms with Gasteiger partial charge in [-0.3, -0.25) is 10.2 Å². The zero-order chi connectivity index (χ0) is 20.2. The molecule has 0 aliphatic carbocycles. The number of halogens is 1. The van der Waals surface area contributed by atoms with Crippen LogP contribution in [0.5, 0.6) is 5.75 Å². The third kappa shape index (κ3) is 4.21. The van der Waals surface area contributed by atoms with E-state index in [0.29, 0.717) is 10.8 Å². The predicted molar refractivity (Wildman–Crippen MR) is 115 cm³/mol. The number of carbonyl (C=O) groups is 1. The minimum atomic E-state index is -0.392. The normalized spacial score (nSPS) is 10.7. The smallest absolute Gasteiger partial charge is 0.271 e. The molecule has 29 heavy (non-hydrogen) atoms. The zero-order valence-corrected chi connectivity index (χ0v) is 16.2. The summed E-state index contributed by atoms with van der Waals surface area (Å²) in [7, 11) is 0. The van der Waals surface area contributed by atoms with Crippen LogP contribution < -0.4 is 16.0 Å². The van der Waals surface area contributed by atoms with E-state index in [2.05, 4.69) is 18.2 Å². The highest BCUT2D eigenvalue weighted by atomic mass is 35.5. The lowest BCUT2D eigenvalue weighted by molar-refractivity contribution is -0.123. The van der Waals surface area contributed by atoms with Crippen molar-refractivity contribution in [2.75, 3.05) is 6.61 Å². The van der Waals surface area contributed by atoms with Crippen molar-refractivity contribution in [2.24, 2.45) is 5.84 Å². The number of rotatable bonds is 5. The molecule has 0 saturated heterocycles. The SMILES string of the molecule is NNC(=O)COc1ccc(-c2cc(-c3ccccc3)c3cc(Cl)ccc3n2)cc1. The molecule has 1 heterocycles. The fraction of sp³-hybridized carbons (Fsp3) is 0.0435. The van der Waals surface area contributed by atoms with E-state index in [1.165, 1.54) is 0 Å². The Morgan fingerprint density at radius 1 is 0.966 bits per heavy atom. The minimum absolute atomic E-state index is 0.136. The number of nitrogens with two attached hydrogens (primary N) is 1. The summed E-state index contributed by atoms with van der Waals surface area (Å²) in [5.74, 6) is 5.24. The van der Waals surface area contributed by atoms with Gasteiger partial charge in [-0.1, -0.05) is 41.9 Å². The maximum absolute atomic E-state index is 11.2. The number of nitrogens with zero attached hydrogens (tertiary/aromatic N) is 1. The number of ether oxygens (including phenoxy) is 1. The topological polar surface area (TPSA) is 77.2 Å². The summed E-state index contributed by atoms with van der Waals surface area (Å²) in [6.45, 7) is -0.136. The van der Waals surface area contributed by atoms with Gasteiger partial charge in [0.25, 0.3) is 5.91 Å². The number of nitrogens with one attached hydrogen (secondary N) is 1. The Kier molecular flexibility index (Phi) is 5.42. The molecule has 4 rings (SSSR count). The quantitative estimate of drug-likeness (QED) is 0.290. The van der Waals surface area contributed by atoms with Crippen LogP contribution in [0.25, 0.3) is 33.3 Å². The van der Waals surface area contributed by atoms with Crippen LogP contribution in [0.15, 0.2) is 78.9 Å². The van der Waals surface area contributed by atoms with Crippen LogP contribution in [0.3, 0.4) is 0 Å². The molecule has 0 bridgehead atoms. The monoisotopic (exact) mass is 403 g/mol. The van der Waals surface area contributed by atoms with Crippen LogP contribution in [0, 0.1) is 0 Å². The number of carbonyl (C=O) groups excluding carboxylic acids is 1. The third-order valence-corrected chi connectivity index (χ3v) is 4.77. The first-order valence-corrected chi connectivity index (χ1v) is 9.40. The Balaban J connectivity index is 1.75. The van der Waals surface area contributed by atoms with Crippen LogP contribution >= 0.6 is 11.6 Å². The van der Waals surface area contributed by atoms with Crippen molar-refractivity contribution >= 4 is 28.4 Å². The molecule has 144 valence electrons. The van der Waals surface area contributed by atoms with E-state index in [4.69, 9.17) is 27.2 Å². The van der Waals surface area contributed by atoms with E-state index >= 15 is 0 Å². The molecule has 6 heteroatoms. The van der Waals surface area contributed by atoms with Gasteiger partial charge in [0.05, 0.1) is 11.2 Å². The van der Waals surface area contributed by atoms with E-state index in [1.54, 1.807) is 12.1 Å². The molecule has 4 aromatic rings. The largest absolute Gasteiger partial charge is 0.484 e. The average Bonchev–Trinajstić information content (AvgIpc) is 2.77. The van der Waals surface area contributed by atoms with Gasteiger partial charge in [-0.15, -0.1) is 0 Å². The van der Waals surface area contributed by atoms with Crippen molar-refractivity contribution < 1.29 is 9.53 Å². The van der Waals surface area contributed by atoms with Gasteiger partial charge in [0.2, 0.25) is 0 Å². The summed E-state index contributed by atoms with van der Waals surface area (Å²) in [6, 6.07) is 25.3. The maximum atomic E-state index is 11.2. The van der Waals surface area contributed by atoms with Gasteiger partial charge in [-0.25, -0.2) is 10.8 Å². The summed E-state index contributed by atoms with van der Waals surface area (Å²) in [5.41, 5.74) is 6.83. The van der Waals surface area contributed by atoms with Crippen LogP contribution in [-0.2, 0) is 4.79 Å². The van der Waals surface area contributed by atoms with Crippen molar-refractivity contribution in [1.82, 2.24) is 10.4 Å². The first-order chi connectivity index (χ1) is 14.1. The summed E-state index contributed by atoms with van der Waals surface area (Å²) >= 11 is 6.24. The predicted octanol–water partition coefficient (Wildman–Crippen LogP) is 4.59. The Bertz CT molecular complexity index is 1160. The number of pyridine rings is 1. The fourth-order valence-corrected chi connectivity index (χ4v) is 3.29. The van der Waals surface area contributed by atoms with E-state index in [-0.39, 0.29) is 6.61 Å². The van der Waals surface area contributed by atoms with E-state index < -0.39 is 5.91 Å². The molecule has 3 aromatic carbocycles. The van der Waals surface area contributed by atoms with Gasteiger partial charge in [0, 0.05) is 16.0 Å². The fourth-order valence-electron chi connectivity index (χ4n) is 3.11. The Morgan fingerprint density at radius 2 is 1.72 bits per heavy atom. The molecule has 0 atom stereocenters. The van der Waals surface area contributed by atoms with Crippen LogP contribution in [0.1, 0.15) is 0 Å². The summed E-state index contributed by atoms with van der Waals surface area (Å²) < 4.78 is 5.40. The van der Waals surface area contributed by atoms with E-state index in [9.17, 15) is 4.79 Å². The lowest BCUT2D eigenvalue weighted by Gasteiger charge is -2.11. The van der Waals surface area contributed by atoms with E-state index in [0.717, 1.165) is 33.3 Å². The second kappa shape index (κ2) is 8.31. The first-order valence-electron chi connectivity index (χ1n) is 9.02. The van der Waals surface area contributed by atoms with Crippen molar-refractivity contribution in [1.29, 1.82) is 0 Å². The molecule has 1 aromatic heterocycles. The summed E-state index contributed by atoms with van der Waals surface area (Å²) in [5, 5.41) is 1.67.